The normalized spacial score (nSPS) is 10.9. The third-order valence-corrected chi connectivity index (χ3v) is 5.71. The Morgan fingerprint density at radius 1 is 1.11 bits per heavy atom. The van der Waals surface area contributed by atoms with Crippen LogP contribution in [0, 0.1) is 18.3 Å². The molecule has 3 rings (SSSR count). The van der Waals surface area contributed by atoms with E-state index in [4.69, 9.17) is 27.9 Å². The molecule has 0 spiro atoms. The van der Waals surface area contributed by atoms with Crippen molar-refractivity contribution in [3.05, 3.63) is 76.0 Å². The van der Waals surface area contributed by atoms with Gasteiger partial charge in [0.2, 0.25) is 0 Å². The first-order chi connectivity index (χ1) is 13.3. The Morgan fingerprint density at radius 2 is 1.89 bits per heavy atom. The third-order valence-electron chi connectivity index (χ3n) is 3.64. The van der Waals surface area contributed by atoms with Gasteiger partial charge in [-0.3, -0.25) is 9.71 Å². The highest BCUT2D eigenvalue weighted by atomic mass is 35.5. The van der Waals surface area contributed by atoms with Crippen molar-refractivity contribution < 1.29 is 13.2 Å². The van der Waals surface area contributed by atoms with Crippen LogP contribution in [0.2, 0.25) is 10.0 Å². The zero-order valence-electron chi connectivity index (χ0n) is 14.5. The van der Waals surface area contributed by atoms with Crippen LogP contribution < -0.4 is 9.46 Å². The molecule has 0 aliphatic heterocycles. The van der Waals surface area contributed by atoms with Crippen molar-refractivity contribution in [2.75, 3.05) is 4.72 Å². The van der Waals surface area contributed by atoms with E-state index in [0.29, 0.717) is 10.8 Å². The number of rotatable bonds is 5. The van der Waals surface area contributed by atoms with E-state index in [1.165, 1.54) is 36.7 Å². The molecule has 2 aromatic carbocycles. The Morgan fingerprint density at radius 3 is 2.57 bits per heavy atom. The number of ether oxygens (including phenoxy) is 1. The number of nitrogens with zero attached hydrogens (tertiary/aromatic N) is 2. The van der Waals surface area contributed by atoms with E-state index in [-0.39, 0.29) is 26.9 Å². The van der Waals surface area contributed by atoms with E-state index < -0.39 is 10.0 Å². The van der Waals surface area contributed by atoms with Gasteiger partial charge in [0.05, 0.1) is 27.5 Å². The summed E-state index contributed by atoms with van der Waals surface area (Å²) in [7, 11) is -3.92. The number of nitriles is 1. The number of aromatic nitrogens is 1. The van der Waals surface area contributed by atoms with Crippen molar-refractivity contribution in [2.45, 2.75) is 11.8 Å². The highest BCUT2D eigenvalue weighted by Gasteiger charge is 2.19. The van der Waals surface area contributed by atoms with Gasteiger partial charge in [0.1, 0.15) is 22.5 Å². The Kier molecular flexibility index (Phi) is 5.75. The molecule has 0 amide bonds. The van der Waals surface area contributed by atoms with E-state index in [1.807, 2.05) is 13.0 Å². The fraction of sp³-hybridized carbons (Fsp3) is 0.0526. The summed E-state index contributed by atoms with van der Waals surface area (Å²) < 4.78 is 33.3. The SMILES string of the molecule is Cc1ccc(S(=O)(=O)Nc2ccc(Oc3cncc(Cl)c3)c(C#N)c2)c(Cl)c1. The smallest absolute Gasteiger partial charge is 0.263 e. The van der Waals surface area contributed by atoms with E-state index >= 15 is 0 Å². The van der Waals surface area contributed by atoms with E-state index in [9.17, 15) is 13.7 Å². The molecule has 1 heterocycles. The summed E-state index contributed by atoms with van der Waals surface area (Å²) in [5, 5.41) is 9.89. The number of aryl methyl sites for hydroxylation is 1. The van der Waals surface area contributed by atoms with E-state index in [2.05, 4.69) is 9.71 Å². The van der Waals surface area contributed by atoms with Crippen LogP contribution in [0.4, 0.5) is 5.69 Å². The minimum atomic E-state index is -3.92. The molecule has 6 nitrogen and oxygen atoms in total. The molecule has 0 fully saturated rings. The summed E-state index contributed by atoms with van der Waals surface area (Å²) >= 11 is 11.9. The summed E-state index contributed by atoms with van der Waals surface area (Å²) in [4.78, 5) is 3.85. The van der Waals surface area contributed by atoms with Crippen molar-refractivity contribution in [3.63, 3.8) is 0 Å². The molecule has 9 heteroatoms. The Balaban J connectivity index is 1.88. The number of benzene rings is 2. The number of sulfonamides is 1. The summed E-state index contributed by atoms with van der Waals surface area (Å²) in [5.41, 5.74) is 1.17. The predicted molar refractivity (Wildman–Crippen MR) is 107 cm³/mol. The van der Waals surface area contributed by atoms with Crippen LogP contribution >= 0.6 is 23.2 Å². The van der Waals surface area contributed by atoms with Crippen LogP contribution in [0.15, 0.2) is 59.8 Å². The molecule has 0 atom stereocenters. The average molecular weight is 434 g/mol. The molecule has 0 unspecified atom stereocenters. The van der Waals surface area contributed by atoms with Gasteiger partial charge in [0.15, 0.2) is 0 Å². The van der Waals surface area contributed by atoms with Gasteiger partial charge in [-0.2, -0.15) is 5.26 Å². The van der Waals surface area contributed by atoms with Gasteiger partial charge in [0, 0.05) is 12.3 Å². The molecule has 0 radical (unpaired) electrons. The van der Waals surface area contributed by atoms with E-state index in [1.54, 1.807) is 18.2 Å². The fourth-order valence-electron chi connectivity index (χ4n) is 2.38. The number of hydrogen-bond acceptors (Lipinski definition) is 5. The number of pyridine rings is 1. The molecule has 142 valence electrons. The lowest BCUT2D eigenvalue weighted by atomic mass is 10.2. The van der Waals surface area contributed by atoms with Gasteiger partial charge in [-0.25, -0.2) is 8.42 Å². The van der Waals surface area contributed by atoms with Gasteiger partial charge in [-0.05, 0) is 42.8 Å². The highest BCUT2D eigenvalue weighted by molar-refractivity contribution is 7.92. The zero-order chi connectivity index (χ0) is 20.3. The molecule has 3 aromatic rings. The second-order valence-electron chi connectivity index (χ2n) is 5.80. The van der Waals surface area contributed by atoms with Gasteiger partial charge in [0.25, 0.3) is 10.0 Å². The summed E-state index contributed by atoms with van der Waals surface area (Å²) in [6.45, 7) is 1.81. The van der Waals surface area contributed by atoms with Crippen LogP contribution in [0.1, 0.15) is 11.1 Å². The van der Waals surface area contributed by atoms with Crippen LogP contribution in [0.3, 0.4) is 0 Å². The summed E-state index contributed by atoms with van der Waals surface area (Å²) in [5.74, 6) is 0.589. The number of anilines is 1. The van der Waals surface area contributed by atoms with Crippen LogP contribution in [0.25, 0.3) is 0 Å². The topological polar surface area (TPSA) is 92.1 Å². The Labute approximate surface area is 172 Å². The molecular formula is C19H13Cl2N3O3S. The minimum absolute atomic E-state index is 0.0522. The lowest BCUT2D eigenvalue weighted by Gasteiger charge is -2.12. The molecular weight excluding hydrogens is 421 g/mol. The highest BCUT2D eigenvalue weighted by Crippen LogP contribution is 2.30. The first kappa shape index (κ1) is 20.0. The quantitative estimate of drug-likeness (QED) is 0.599. The van der Waals surface area contributed by atoms with Crippen molar-refractivity contribution in [3.8, 4) is 17.6 Å². The van der Waals surface area contributed by atoms with Crippen LogP contribution in [-0.2, 0) is 10.0 Å². The van der Waals surface area contributed by atoms with Crippen molar-refractivity contribution in [2.24, 2.45) is 0 Å². The lowest BCUT2D eigenvalue weighted by molar-refractivity contribution is 0.479. The molecule has 0 bridgehead atoms. The number of hydrogen-bond donors (Lipinski definition) is 1. The Hall–Kier alpha value is -2.79. The molecule has 1 N–H and O–H groups in total. The second-order valence-corrected chi connectivity index (χ2v) is 8.30. The van der Waals surface area contributed by atoms with Gasteiger partial charge < -0.3 is 4.74 Å². The van der Waals surface area contributed by atoms with Gasteiger partial charge in [-0.15, -0.1) is 0 Å². The average Bonchev–Trinajstić information content (AvgIpc) is 2.62. The monoisotopic (exact) mass is 433 g/mol. The molecule has 28 heavy (non-hydrogen) atoms. The molecule has 0 saturated carbocycles. The van der Waals surface area contributed by atoms with Crippen molar-refractivity contribution >= 4 is 38.9 Å². The maximum atomic E-state index is 12.6. The molecule has 1 aromatic heterocycles. The maximum Gasteiger partial charge on any atom is 0.263 e. The van der Waals surface area contributed by atoms with Crippen molar-refractivity contribution in [1.29, 1.82) is 5.26 Å². The molecule has 0 aliphatic carbocycles. The number of nitrogens with one attached hydrogen (secondary N) is 1. The van der Waals surface area contributed by atoms with Crippen LogP contribution in [0.5, 0.6) is 11.5 Å². The first-order valence-corrected chi connectivity index (χ1v) is 10.1. The van der Waals surface area contributed by atoms with Crippen molar-refractivity contribution in [1.82, 2.24) is 4.98 Å². The van der Waals surface area contributed by atoms with E-state index in [0.717, 1.165) is 5.56 Å². The first-order valence-electron chi connectivity index (χ1n) is 7.90. The van der Waals surface area contributed by atoms with Gasteiger partial charge in [-0.1, -0.05) is 29.3 Å². The minimum Gasteiger partial charge on any atom is -0.454 e. The van der Waals surface area contributed by atoms with Gasteiger partial charge >= 0.3 is 0 Å². The second kappa shape index (κ2) is 8.07. The lowest BCUT2D eigenvalue weighted by Crippen LogP contribution is -2.13. The summed E-state index contributed by atoms with van der Waals surface area (Å²) in [6.07, 6.45) is 2.90. The molecule has 0 saturated heterocycles. The largest absolute Gasteiger partial charge is 0.454 e. The standard InChI is InChI=1S/C19H13Cl2N3O3S/c1-12-2-5-19(17(21)6-12)28(25,26)24-15-3-4-18(13(7-15)9-22)27-16-8-14(20)10-23-11-16/h2-8,10-11,24H,1H3. The number of halogens is 2. The molecule has 0 aliphatic rings. The summed E-state index contributed by atoms with van der Waals surface area (Å²) in [6, 6.07) is 12.5. The fourth-order valence-corrected chi connectivity index (χ4v) is 4.19. The zero-order valence-corrected chi connectivity index (χ0v) is 16.8. The predicted octanol–water partition coefficient (Wildman–Crippen LogP) is 5.16. The third kappa shape index (κ3) is 4.54. The van der Waals surface area contributed by atoms with Crippen LogP contribution in [-0.4, -0.2) is 13.4 Å². The maximum absolute atomic E-state index is 12.6. The Bertz CT molecular complexity index is 1190.